The molecule has 5 heteroatoms. The first-order valence-corrected chi connectivity index (χ1v) is 7.19. The van der Waals surface area contributed by atoms with E-state index in [4.69, 9.17) is 11.6 Å². The van der Waals surface area contributed by atoms with Gasteiger partial charge in [-0.25, -0.2) is 4.39 Å². The first-order valence-electron chi connectivity index (χ1n) is 5.86. The SMILES string of the molecule is CC1CCN(C(=O)c2cc(Br)ccc2F)C1CCl. The molecule has 1 aliphatic heterocycles. The molecule has 1 amide bonds. The molecule has 0 N–H and O–H groups in total. The Morgan fingerprint density at radius 2 is 2.33 bits per heavy atom. The van der Waals surface area contributed by atoms with Crippen LogP contribution in [0.5, 0.6) is 0 Å². The third-order valence-corrected chi connectivity index (χ3v) is 4.27. The van der Waals surface area contributed by atoms with Crippen molar-refractivity contribution in [3.63, 3.8) is 0 Å². The van der Waals surface area contributed by atoms with Crippen LogP contribution in [0.3, 0.4) is 0 Å². The van der Waals surface area contributed by atoms with E-state index in [1.807, 2.05) is 0 Å². The number of carbonyl (C=O) groups excluding carboxylic acids is 1. The number of carbonyl (C=O) groups is 1. The number of hydrogen-bond acceptors (Lipinski definition) is 1. The molecule has 1 aliphatic rings. The zero-order valence-electron chi connectivity index (χ0n) is 10.00. The smallest absolute Gasteiger partial charge is 0.257 e. The van der Waals surface area contributed by atoms with Crippen molar-refractivity contribution < 1.29 is 9.18 Å². The van der Waals surface area contributed by atoms with Crippen molar-refractivity contribution >= 4 is 33.4 Å². The summed E-state index contributed by atoms with van der Waals surface area (Å²) >= 11 is 9.16. The van der Waals surface area contributed by atoms with Gasteiger partial charge in [-0.15, -0.1) is 11.6 Å². The first-order chi connectivity index (χ1) is 8.54. The van der Waals surface area contributed by atoms with Gasteiger partial charge in [0.25, 0.3) is 5.91 Å². The predicted molar refractivity (Wildman–Crippen MR) is 73.4 cm³/mol. The van der Waals surface area contributed by atoms with Gasteiger partial charge in [-0.3, -0.25) is 4.79 Å². The average molecular weight is 335 g/mol. The lowest BCUT2D eigenvalue weighted by Gasteiger charge is -2.25. The van der Waals surface area contributed by atoms with Gasteiger partial charge in [-0.1, -0.05) is 22.9 Å². The zero-order valence-corrected chi connectivity index (χ0v) is 12.3. The summed E-state index contributed by atoms with van der Waals surface area (Å²) in [6, 6.07) is 4.40. The van der Waals surface area contributed by atoms with E-state index >= 15 is 0 Å². The molecule has 2 unspecified atom stereocenters. The third-order valence-electron chi connectivity index (χ3n) is 3.46. The van der Waals surface area contributed by atoms with Crippen LogP contribution in [0.4, 0.5) is 4.39 Å². The van der Waals surface area contributed by atoms with E-state index in [-0.39, 0.29) is 17.5 Å². The molecule has 0 radical (unpaired) electrons. The number of rotatable bonds is 2. The number of hydrogen-bond donors (Lipinski definition) is 0. The van der Waals surface area contributed by atoms with Crippen molar-refractivity contribution in [2.45, 2.75) is 19.4 Å². The van der Waals surface area contributed by atoms with Crippen LogP contribution in [0.1, 0.15) is 23.7 Å². The van der Waals surface area contributed by atoms with Gasteiger partial charge in [0, 0.05) is 22.9 Å². The molecule has 0 saturated carbocycles. The number of likely N-dealkylation sites (tertiary alicyclic amines) is 1. The van der Waals surface area contributed by atoms with Crippen molar-refractivity contribution in [1.29, 1.82) is 0 Å². The molecule has 2 atom stereocenters. The summed E-state index contributed by atoms with van der Waals surface area (Å²) in [5.41, 5.74) is 0.105. The molecule has 2 nitrogen and oxygen atoms in total. The summed E-state index contributed by atoms with van der Waals surface area (Å²) in [6.07, 6.45) is 0.915. The van der Waals surface area contributed by atoms with Crippen LogP contribution in [0.25, 0.3) is 0 Å². The molecular weight excluding hydrogens is 321 g/mol. The van der Waals surface area contributed by atoms with Crippen molar-refractivity contribution in [2.24, 2.45) is 5.92 Å². The predicted octanol–water partition coefficient (Wildman–Crippen LogP) is 3.68. The lowest BCUT2D eigenvalue weighted by molar-refractivity contribution is 0.0732. The topological polar surface area (TPSA) is 20.3 Å². The van der Waals surface area contributed by atoms with Crippen LogP contribution in [0, 0.1) is 11.7 Å². The van der Waals surface area contributed by atoms with Gasteiger partial charge in [-0.2, -0.15) is 0 Å². The second-order valence-electron chi connectivity index (χ2n) is 4.61. The Bertz CT molecular complexity index is 468. The molecule has 0 aliphatic carbocycles. The number of alkyl halides is 1. The van der Waals surface area contributed by atoms with E-state index in [0.29, 0.717) is 22.8 Å². The molecule has 1 fully saturated rings. The molecule has 1 aromatic carbocycles. The van der Waals surface area contributed by atoms with Crippen molar-refractivity contribution in [3.8, 4) is 0 Å². The van der Waals surface area contributed by atoms with Crippen molar-refractivity contribution in [2.75, 3.05) is 12.4 Å². The monoisotopic (exact) mass is 333 g/mol. The van der Waals surface area contributed by atoms with Gasteiger partial charge in [0.1, 0.15) is 5.82 Å². The Morgan fingerprint density at radius 3 is 3.00 bits per heavy atom. The Kier molecular flexibility index (Phi) is 4.28. The van der Waals surface area contributed by atoms with Crippen molar-refractivity contribution in [3.05, 3.63) is 34.1 Å². The second kappa shape index (κ2) is 5.57. The minimum atomic E-state index is -0.490. The lowest BCUT2D eigenvalue weighted by Crippen LogP contribution is -2.39. The van der Waals surface area contributed by atoms with Crippen LogP contribution >= 0.6 is 27.5 Å². The minimum absolute atomic E-state index is 0.00227. The maximum Gasteiger partial charge on any atom is 0.257 e. The quantitative estimate of drug-likeness (QED) is 0.756. The highest BCUT2D eigenvalue weighted by Crippen LogP contribution is 2.27. The van der Waals surface area contributed by atoms with Crippen LogP contribution in [-0.2, 0) is 0 Å². The van der Waals surface area contributed by atoms with Crippen LogP contribution < -0.4 is 0 Å². The molecule has 0 spiro atoms. The van der Waals surface area contributed by atoms with E-state index in [9.17, 15) is 9.18 Å². The summed E-state index contributed by atoms with van der Waals surface area (Å²) in [5.74, 6) is -0.00995. The molecule has 1 aromatic rings. The highest BCUT2D eigenvalue weighted by Gasteiger charge is 2.34. The highest BCUT2D eigenvalue weighted by atomic mass is 79.9. The Labute approximate surface area is 119 Å². The fourth-order valence-corrected chi connectivity index (χ4v) is 3.14. The molecule has 98 valence electrons. The summed E-state index contributed by atoms with van der Waals surface area (Å²) in [7, 11) is 0. The third kappa shape index (κ3) is 2.54. The van der Waals surface area contributed by atoms with Gasteiger partial charge in [0.15, 0.2) is 0 Å². The van der Waals surface area contributed by atoms with Crippen LogP contribution in [0.2, 0.25) is 0 Å². The van der Waals surface area contributed by atoms with E-state index < -0.39 is 5.82 Å². The zero-order chi connectivity index (χ0) is 13.3. The summed E-state index contributed by atoms with van der Waals surface area (Å²) in [5, 5.41) is 0. The van der Waals surface area contributed by atoms with Gasteiger partial charge in [0.05, 0.1) is 5.56 Å². The Hall–Kier alpha value is -0.610. The Balaban J connectivity index is 2.28. The fraction of sp³-hybridized carbons (Fsp3) is 0.462. The van der Waals surface area contributed by atoms with E-state index in [1.54, 1.807) is 11.0 Å². The summed E-state index contributed by atoms with van der Waals surface area (Å²) < 4.78 is 14.4. The van der Waals surface area contributed by atoms with Crippen LogP contribution in [-0.4, -0.2) is 29.3 Å². The fourth-order valence-electron chi connectivity index (χ4n) is 2.31. The van der Waals surface area contributed by atoms with Crippen molar-refractivity contribution in [1.82, 2.24) is 4.90 Å². The molecule has 0 bridgehead atoms. The Morgan fingerprint density at radius 1 is 1.61 bits per heavy atom. The number of halogens is 3. The lowest BCUT2D eigenvalue weighted by atomic mass is 10.0. The average Bonchev–Trinajstić information content (AvgIpc) is 2.72. The molecule has 2 rings (SSSR count). The number of nitrogens with zero attached hydrogens (tertiary/aromatic N) is 1. The van der Waals surface area contributed by atoms with Crippen LogP contribution in [0.15, 0.2) is 22.7 Å². The van der Waals surface area contributed by atoms with E-state index in [1.165, 1.54) is 12.1 Å². The summed E-state index contributed by atoms with van der Waals surface area (Å²) in [4.78, 5) is 14.0. The second-order valence-corrected chi connectivity index (χ2v) is 5.83. The molecule has 1 saturated heterocycles. The molecule has 1 heterocycles. The standard InChI is InChI=1S/C13H14BrClFNO/c1-8-4-5-17(12(8)7-15)13(18)10-6-9(14)2-3-11(10)16/h2-3,6,8,12H,4-5,7H2,1H3. The molecule has 18 heavy (non-hydrogen) atoms. The van der Waals surface area contributed by atoms with Gasteiger partial charge >= 0.3 is 0 Å². The highest BCUT2D eigenvalue weighted by molar-refractivity contribution is 9.10. The van der Waals surface area contributed by atoms with Gasteiger partial charge < -0.3 is 4.90 Å². The number of benzene rings is 1. The molecular formula is C13H14BrClFNO. The van der Waals surface area contributed by atoms with E-state index in [2.05, 4.69) is 22.9 Å². The number of amides is 1. The maximum absolute atomic E-state index is 13.7. The minimum Gasteiger partial charge on any atom is -0.334 e. The maximum atomic E-state index is 13.7. The van der Waals surface area contributed by atoms with E-state index in [0.717, 1.165) is 6.42 Å². The summed E-state index contributed by atoms with van der Waals surface area (Å²) in [6.45, 7) is 2.71. The van der Waals surface area contributed by atoms with Gasteiger partial charge in [-0.05, 0) is 30.5 Å². The van der Waals surface area contributed by atoms with Gasteiger partial charge in [0.2, 0.25) is 0 Å². The normalized spacial score (nSPS) is 23.4. The molecule has 0 aromatic heterocycles. The first kappa shape index (κ1) is 13.8. The largest absolute Gasteiger partial charge is 0.334 e.